The molecule has 1 aromatic rings. The van der Waals surface area contributed by atoms with Crippen LogP contribution in [0, 0.1) is 11.8 Å². The van der Waals surface area contributed by atoms with Crippen LogP contribution in [-0.4, -0.2) is 0 Å². The molecule has 0 spiro atoms. The summed E-state index contributed by atoms with van der Waals surface area (Å²) in [5, 5.41) is 0. The van der Waals surface area contributed by atoms with Crippen molar-refractivity contribution < 1.29 is 4.74 Å². The monoisotopic (exact) mass is 219 g/mol. The number of fused-ring (bicyclic) bond motifs is 1. The van der Waals surface area contributed by atoms with Crippen LogP contribution in [-0.2, 0) is 18.0 Å². The molecule has 1 aliphatic rings. The van der Waals surface area contributed by atoms with Gasteiger partial charge in [-0.05, 0) is 28.5 Å². The van der Waals surface area contributed by atoms with Gasteiger partial charge in [0.05, 0.1) is 13.2 Å². The molecular weight excluding hydrogens is 198 g/mol. The first-order valence-corrected chi connectivity index (χ1v) is 6.04. The minimum Gasteiger partial charge on any atom is -0.372 e. The fraction of sp³-hybridized carbons (Fsp3) is 0.571. The second-order valence-corrected chi connectivity index (χ2v) is 5.15. The first kappa shape index (κ1) is 11.6. The molecular formula is C14H21NO. The molecule has 1 heterocycles. The number of benzene rings is 1. The zero-order valence-electron chi connectivity index (χ0n) is 10.4. The molecule has 2 unspecified atom stereocenters. The van der Waals surface area contributed by atoms with Crippen molar-refractivity contribution in [1.29, 1.82) is 0 Å². The molecule has 2 N–H and O–H groups in total. The maximum atomic E-state index is 6.29. The van der Waals surface area contributed by atoms with E-state index < -0.39 is 0 Å². The molecule has 0 amide bonds. The Morgan fingerprint density at radius 2 is 1.81 bits per heavy atom. The molecule has 0 radical (unpaired) electrons. The highest BCUT2D eigenvalue weighted by Crippen LogP contribution is 2.29. The summed E-state index contributed by atoms with van der Waals surface area (Å²) in [4.78, 5) is 0. The summed E-state index contributed by atoms with van der Waals surface area (Å²) in [6.45, 7) is 8.16. The summed E-state index contributed by atoms with van der Waals surface area (Å²) in [7, 11) is 0. The fourth-order valence-electron chi connectivity index (χ4n) is 2.12. The van der Waals surface area contributed by atoms with Crippen molar-refractivity contribution in [3.05, 3.63) is 34.9 Å². The van der Waals surface area contributed by atoms with Crippen molar-refractivity contribution in [1.82, 2.24) is 0 Å². The van der Waals surface area contributed by atoms with Gasteiger partial charge < -0.3 is 10.5 Å². The number of hydrogen-bond acceptors (Lipinski definition) is 2. The Bertz CT molecular complexity index is 373. The van der Waals surface area contributed by atoms with E-state index in [4.69, 9.17) is 10.5 Å². The highest BCUT2D eigenvalue weighted by Gasteiger charge is 2.20. The van der Waals surface area contributed by atoms with Gasteiger partial charge in [-0.15, -0.1) is 0 Å². The summed E-state index contributed by atoms with van der Waals surface area (Å²) in [5.74, 6) is 1.11. The number of rotatable bonds is 3. The Labute approximate surface area is 97.8 Å². The zero-order chi connectivity index (χ0) is 11.7. The summed E-state index contributed by atoms with van der Waals surface area (Å²) in [6.07, 6.45) is 0. The average molecular weight is 219 g/mol. The van der Waals surface area contributed by atoms with Gasteiger partial charge >= 0.3 is 0 Å². The van der Waals surface area contributed by atoms with E-state index in [9.17, 15) is 0 Å². The van der Waals surface area contributed by atoms with E-state index in [1.807, 2.05) is 0 Å². The maximum absolute atomic E-state index is 6.29. The minimum atomic E-state index is 0.130. The van der Waals surface area contributed by atoms with Gasteiger partial charge in [-0.2, -0.15) is 0 Å². The van der Waals surface area contributed by atoms with Gasteiger partial charge in [0.15, 0.2) is 0 Å². The lowest BCUT2D eigenvalue weighted by molar-refractivity contribution is 0.134. The smallest absolute Gasteiger partial charge is 0.0725 e. The number of nitrogens with two attached hydrogens (primary N) is 1. The molecule has 1 aliphatic heterocycles. The van der Waals surface area contributed by atoms with Crippen molar-refractivity contribution >= 4 is 0 Å². The van der Waals surface area contributed by atoms with E-state index in [0.717, 1.165) is 13.2 Å². The molecule has 0 fully saturated rings. The van der Waals surface area contributed by atoms with E-state index in [2.05, 4.69) is 39.0 Å². The summed E-state index contributed by atoms with van der Waals surface area (Å²) < 4.78 is 5.42. The summed E-state index contributed by atoms with van der Waals surface area (Å²) in [5.41, 5.74) is 10.2. The fourth-order valence-corrected chi connectivity index (χ4v) is 2.12. The van der Waals surface area contributed by atoms with Gasteiger partial charge in [-0.3, -0.25) is 0 Å². The van der Waals surface area contributed by atoms with Gasteiger partial charge in [-0.25, -0.2) is 0 Å². The van der Waals surface area contributed by atoms with Crippen molar-refractivity contribution in [3.8, 4) is 0 Å². The second kappa shape index (κ2) is 4.56. The predicted molar refractivity (Wildman–Crippen MR) is 65.9 cm³/mol. The minimum absolute atomic E-state index is 0.130. The predicted octanol–water partition coefficient (Wildman–Crippen LogP) is 3.01. The third kappa shape index (κ3) is 2.13. The lowest BCUT2D eigenvalue weighted by Gasteiger charge is -2.24. The van der Waals surface area contributed by atoms with Crippen LogP contribution in [0.25, 0.3) is 0 Å². The first-order chi connectivity index (χ1) is 7.59. The van der Waals surface area contributed by atoms with Crippen LogP contribution in [0.4, 0.5) is 0 Å². The van der Waals surface area contributed by atoms with E-state index >= 15 is 0 Å². The molecule has 2 heteroatoms. The van der Waals surface area contributed by atoms with Crippen LogP contribution >= 0.6 is 0 Å². The van der Waals surface area contributed by atoms with Gasteiger partial charge in [0, 0.05) is 6.04 Å². The van der Waals surface area contributed by atoms with Gasteiger partial charge in [0.1, 0.15) is 0 Å². The van der Waals surface area contributed by atoms with E-state index in [1.54, 1.807) is 0 Å². The van der Waals surface area contributed by atoms with Gasteiger partial charge in [-0.1, -0.05) is 39.0 Å². The molecule has 2 nitrogen and oxygen atoms in total. The quantitative estimate of drug-likeness (QED) is 0.848. The summed E-state index contributed by atoms with van der Waals surface area (Å²) >= 11 is 0. The van der Waals surface area contributed by atoms with Crippen LogP contribution in [0.1, 0.15) is 43.5 Å². The molecule has 16 heavy (non-hydrogen) atoms. The molecule has 2 atom stereocenters. The molecule has 0 aromatic heterocycles. The van der Waals surface area contributed by atoms with Crippen molar-refractivity contribution in [2.24, 2.45) is 17.6 Å². The standard InChI is InChI=1S/C14H21NO/c1-9(2)10(3)14(15)11-4-5-12-7-16-8-13(12)6-11/h4-6,9-10,14H,7-8,15H2,1-3H3. The zero-order valence-corrected chi connectivity index (χ0v) is 10.4. The van der Waals surface area contributed by atoms with E-state index in [1.165, 1.54) is 16.7 Å². The third-order valence-corrected chi connectivity index (χ3v) is 3.75. The molecule has 0 saturated heterocycles. The van der Waals surface area contributed by atoms with Crippen LogP contribution in [0.5, 0.6) is 0 Å². The van der Waals surface area contributed by atoms with Crippen LogP contribution in [0.3, 0.4) is 0 Å². The first-order valence-electron chi connectivity index (χ1n) is 6.04. The van der Waals surface area contributed by atoms with E-state index in [-0.39, 0.29) is 6.04 Å². The van der Waals surface area contributed by atoms with Crippen LogP contribution in [0.2, 0.25) is 0 Å². The third-order valence-electron chi connectivity index (χ3n) is 3.75. The van der Waals surface area contributed by atoms with Gasteiger partial charge in [0.25, 0.3) is 0 Å². The van der Waals surface area contributed by atoms with Crippen molar-refractivity contribution in [3.63, 3.8) is 0 Å². The van der Waals surface area contributed by atoms with Crippen molar-refractivity contribution in [2.75, 3.05) is 0 Å². The highest BCUT2D eigenvalue weighted by molar-refractivity contribution is 5.34. The topological polar surface area (TPSA) is 35.2 Å². The Hall–Kier alpha value is -0.860. The molecule has 88 valence electrons. The molecule has 0 bridgehead atoms. The normalized spacial score (nSPS) is 18.6. The Morgan fingerprint density at radius 3 is 2.50 bits per heavy atom. The Morgan fingerprint density at radius 1 is 1.12 bits per heavy atom. The van der Waals surface area contributed by atoms with Crippen molar-refractivity contribution in [2.45, 2.75) is 40.0 Å². The Balaban J connectivity index is 2.21. The maximum Gasteiger partial charge on any atom is 0.0725 e. The van der Waals surface area contributed by atoms with Crippen LogP contribution < -0.4 is 5.73 Å². The average Bonchev–Trinajstić information content (AvgIpc) is 2.73. The second-order valence-electron chi connectivity index (χ2n) is 5.15. The Kier molecular flexibility index (Phi) is 3.31. The largest absolute Gasteiger partial charge is 0.372 e. The molecule has 1 aromatic carbocycles. The van der Waals surface area contributed by atoms with Gasteiger partial charge in [0.2, 0.25) is 0 Å². The number of ether oxygens (including phenoxy) is 1. The lowest BCUT2D eigenvalue weighted by Crippen LogP contribution is -2.23. The molecule has 0 aliphatic carbocycles. The lowest BCUT2D eigenvalue weighted by atomic mass is 9.86. The number of hydrogen-bond donors (Lipinski definition) is 1. The molecule has 0 saturated carbocycles. The highest BCUT2D eigenvalue weighted by atomic mass is 16.5. The summed E-state index contributed by atoms with van der Waals surface area (Å²) in [6, 6.07) is 6.65. The van der Waals surface area contributed by atoms with E-state index in [0.29, 0.717) is 11.8 Å². The SMILES string of the molecule is CC(C)C(C)C(N)c1ccc2c(c1)COC2. The molecule has 2 rings (SSSR count). The van der Waals surface area contributed by atoms with Crippen LogP contribution in [0.15, 0.2) is 18.2 Å².